The molecule has 0 aromatic heterocycles. The fourth-order valence-electron chi connectivity index (χ4n) is 3.05. The van der Waals surface area contributed by atoms with Crippen LogP contribution in [0.15, 0.2) is 22.7 Å². The van der Waals surface area contributed by atoms with Crippen molar-refractivity contribution in [1.29, 1.82) is 0 Å². The molecule has 1 heterocycles. The minimum atomic E-state index is 0.639. The third-order valence-corrected chi connectivity index (χ3v) is 4.40. The minimum Gasteiger partial charge on any atom is -0.379 e. The van der Waals surface area contributed by atoms with Crippen LogP contribution in [0.3, 0.4) is 0 Å². The van der Waals surface area contributed by atoms with E-state index in [1.54, 1.807) is 0 Å². The van der Waals surface area contributed by atoms with Gasteiger partial charge >= 0.3 is 0 Å². The Morgan fingerprint density at radius 1 is 1.31 bits per heavy atom. The second-order valence-corrected chi connectivity index (χ2v) is 5.79. The molecular weight excluding hydrogens is 264 g/mol. The van der Waals surface area contributed by atoms with E-state index >= 15 is 0 Å². The van der Waals surface area contributed by atoms with Crippen LogP contribution in [0.4, 0.5) is 11.4 Å². The fourth-order valence-corrected chi connectivity index (χ4v) is 3.41. The molecule has 2 nitrogen and oxygen atoms in total. The van der Waals surface area contributed by atoms with Crippen molar-refractivity contribution in [2.45, 2.75) is 37.8 Å². The molecule has 1 aromatic carbocycles. The number of halogens is 1. The summed E-state index contributed by atoms with van der Waals surface area (Å²) >= 11 is 3.54. The number of nitrogens with zero attached hydrogens (tertiary/aromatic N) is 1. The van der Waals surface area contributed by atoms with Gasteiger partial charge < -0.3 is 10.2 Å². The molecule has 1 N–H and O–H groups in total. The Balaban J connectivity index is 1.99. The highest BCUT2D eigenvalue weighted by molar-refractivity contribution is 9.10. The summed E-state index contributed by atoms with van der Waals surface area (Å²) in [6.07, 6.45) is 5.37. The smallest absolute Gasteiger partial charge is 0.0603 e. The Morgan fingerprint density at radius 2 is 2.12 bits per heavy atom. The second kappa shape index (κ2) is 3.95. The van der Waals surface area contributed by atoms with Gasteiger partial charge in [-0.25, -0.2) is 0 Å². The van der Waals surface area contributed by atoms with E-state index in [4.69, 9.17) is 0 Å². The molecule has 0 spiro atoms. The summed E-state index contributed by atoms with van der Waals surface area (Å²) in [5.74, 6) is 0. The van der Waals surface area contributed by atoms with Gasteiger partial charge in [-0.15, -0.1) is 0 Å². The highest BCUT2D eigenvalue weighted by atomic mass is 79.9. The molecule has 1 aliphatic heterocycles. The number of fused-ring (bicyclic) bond motifs is 2. The van der Waals surface area contributed by atoms with Crippen LogP contribution in [0.2, 0.25) is 0 Å². The molecule has 2 atom stereocenters. The van der Waals surface area contributed by atoms with Gasteiger partial charge in [0.15, 0.2) is 0 Å². The number of benzene rings is 1. The Hall–Kier alpha value is -0.700. The third-order valence-electron chi connectivity index (χ3n) is 3.91. The van der Waals surface area contributed by atoms with E-state index in [0.717, 1.165) is 4.47 Å². The lowest BCUT2D eigenvalue weighted by molar-refractivity contribution is 0.385. The molecule has 3 rings (SSSR count). The van der Waals surface area contributed by atoms with E-state index in [2.05, 4.69) is 51.4 Å². The van der Waals surface area contributed by atoms with E-state index in [9.17, 15) is 0 Å². The normalized spacial score (nSPS) is 28.0. The Bertz CT molecular complexity index is 405. The summed E-state index contributed by atoms with van der Waals surface area (Å²) in [6, 6.07) is 7.84. The average molecular weight is 281 g/mol. The first-order valence-corrected chi connectivity index (χ1v) is 6.84. The van der Waals surface area contributed by atoms with E-state index in [1.165, 1.54) is 37.1 Å². The van der Waals surface area contributed by atoms with Crippen molar-refractivity contribution < 1.29 is 0 Å². The zero-order valence-electron chi connectivity index (χ0n) is 9.54. The number of rotatable bonds is 0. The molecule has 0 radical (unpaired) electrons. The maximum Gasteiger partial charge on any atom is 0.0603 e. The summed E-state index contributed by atoms with van der Waals surface area (Å²) in [4.78, 5) is 2.46. The minimum absolute atomic E-state index is 0.639. The van der Waals surface area contributed by atoms with Crippen molar-refractivity contribution in [3.8, 4) is 0 Å². The monoisotopic (exact) mass is 280 g/mol. The molecule has 2 aliphatic rings. The Kier molecular flexibility index (Phi) is 2.58. The van der Waals surface area contributed by atoms with Crippen molar-refractivity contribution in [2.75, 3.05) is 17.3 Å². The van der Waals surface area contributed by atoms with E-state index in [0.29, 0.717) is 12.1 Å². The molecule has 1 fully saturated rings. The van der Waals surface area contributed by atoms with Crippen molar-refractivity contribution in [3.63, 3.8) is 0 Å². The van der Waals surface area contributed by atoms with Crippen LogP contribution in [0.25, 0.3) is 0 Å². The van der Waals surface area contributed by atoms with Gasteiger partial charge in [0, 0.05) is 23.6 Å². The summed E-state index contributed by atoms with van der Waals surface area (Å²) in [5.41, 5.74) is 2.62. The molecule has 1 aliphatic carbocycles. The topological polar surface area (TPSA) is 15.3 Å². The maximum atomic E-state index is 3.70. The first-order valence-electron chi connectivity index (χ1n) is 6.04. The van der Waals surface area contributed by atoms with Crippen molar-refractivity contribution >= 4 is 27.3 Å². The highest BCUT2D eigenvalue weighted by Crippen LogP contribution is 2.39. The van der Waals surface area contributed by atoms with Crippen molar-refractivity contribution in [1.82, 2.24) is 0 Å². The van der Waals surface area contributed by atoms with Crippen LogP contribution in [0.5, 0.6) is 0 Å². The zero-order chi connectivity index (χ0) is 11.1. The van der Waals surface area contributed by atoms with Crippen molar-refractivity contribution in [3.05, 3.63) is 22.7 Å². The van der Waals surface area contributed by atoms with Gasteiger partial charge in [0.25, 0.3) is 0 Å². The number of hydrogen-bond acceptors (Lipinski definition) is 2. The molecule has 3 heteroatoms. The first kappa shape index (κ1) is 10.5. The highest BCUT2D eigenvalue weighted by Gasteiger charge is 2.33. The molecule has 0 saturated heterocycles. The molecule has 86 valence electrons. The van der Waals surface area contributed by atoms with Gasteiger partial charge in [0.1, 0.15) is 0 Å². The summed E-state index contributed by atoms with van der Waals surface area (Å²) in [5, 5.41) is 3.70. The van der Waals surface area contributed by atoms with Gasteiger partial charge in [0.05, 0.1) is 11.4 Å². The fraction of sp³-hybridized carbons (Fsp3) is 0.538. The van der Waals surface area contributed by atoms with E-state index in [-0.39, 0.29) is 0 Å². The van der Waals surface area contributed by atoms with Gasteiger partial charge in [-0.3, -0.25) is 0 Å². The molecule has 0 amide bonds. The first-order chi connectivity index (χ1) is 7.75. The third kappa shape index (κ3) is 1.61. The predicted octanol–water partition coefficient (Wildman–Crippen LogP) is 3.62. The largest absolute Gasteiger partial charge is 0.379 e. The maximum absolute atomic E-state index is 3.70. The SMILES string of the molecule is CN1c2ccc(Br)cc2NC2CCCCC21. The number of likely N-dealkylation sites (N-methyl/N-ethyl adjacent to an activating group) is 1. The summed E-state index contributed by atoms with van der Waals surface area (Å²) in [7, 11) is 2.23. The van der Waals surface area contributed by atoms with E-state index in [1.807, 2.05) is 0 Å². The number of anilines is 2. The van der Waals surface area contributed by atoms with Gasteiger partial charge in [-0.1, -0.05) is 28.8 Å². The van der Waals surface area contributed by atoms with Crippen LogP contribution in [-0.4, -0.2) is 19.1 Å². The molecule has 1 saturated carbocycles. The summed E-state index contributed by atoms with van der Waals surface area (Å²) in [6.45, 7) is 0. The van der Waals surface area contributed by atoms with E-state index < -0.39 is 0 Å². The Morgan fingerprint density at radius 3 is 3.00 bits per heavy atom. The molecule has 2 unspecified atom stereocenters. The average Bonchev–Trinajstić information content (AvgIpc) is 2.29. The lowest BCUT2D eigenvalue weighted by atomic mass is 9.87. The quantitative estimate of drug-likeness (QED) is 0.781. The predicted molar refractivity (Wildman–Crippen MR) is 72.2 cm³/mol. The molecule has 1 aromatic rings. The summed E-state index contributed by atoms with van der Waals surface area (Å²) < 4.78 is 1.15. The molecule has 0 bridgehead atoms. The second-order valence-electron chi connectivity index (χ2n) is 4.88. The lowest BCUT2D eigenvalue weighted by Gasteiger charge is -2.45. The van der Waals surface area contributed by atoms with Crippen LogP contribution < -0.4 is 10.2 Å². The lowest BCUT2D eigenvalue weighted by Crippen LogP contribution is -2.50. The Labute approximate surface area is 105 Å². The van der Waals surface area contributed by atoms with Gasteiger partial charge in [-0.05, 0) is 31.0 Å². The molecule has 16 heavy (non-hydrogen) atoms. The number of hydrogen-bond donors (Lipinski definition) is 1. The van der Waals surface area contributed by atoms with Crippen LogP contribution in [0, 0.1) is 0 Å². The van der Waals surface area contributed by atoms with Crippen LogP contribution >= 0.6 is 15.9 Å². The van der Waals surface area contributed by atoms with Crippen molar-refractivity contribution in [2.24, 2.45) is 0 Å². The van der Waals surface area contributed by atoms with Crippen LogP contribution in [-0.2, 0) is 0 Å². The van der Waals surface area contributed by atoms with Gasteiger partial charge in [-0.2, -0.15) is 0 Å². The zero-order valence-corrected chi connectivity index (χ0v) is 11.1. The standard InChI is InChI=1S/C13H17BrN2/c1-16-12-5-3-2-4-10(12)15-11-8-9(14)6-7-13(11)16/h6-8,10,12,15H,2-5H2,1H3. The molecular formula is C13H17BrN2. The van der Waals surface area contributed by atoms with Gasteiger partial charge in [0.2, 0.25) is 0 Å². The van der Waals surface area contributed by atoms with Crippen LogP contribution in [0.1, 0.15) is 25.7 Å². The number of nitrogens with one attached hydrogen (secondary N) is 1.